The average molecular weight is 213 g/mol. The molecule has 1 aliphatic rings. The number of aromatic amines is 1. The largest absolute Gasteiger partial charge is 0.361 e. The summed E-state index contributed by atoms with van der Waals surface area (Å²) in [7, 11) is 0. The third-order valence-electron chi connectivity index (χ3n) is 2.95. The average Bonchev–Trinajstić information content (AvgIpc) is 2.83. The fraction of sp³-hybridized carbons (Fsp3) is 0.167. The Kier molecular flexibility index (Phi) is 1.83. The highest BCUT2D eigenvalue weighted by Gasteiger charge is 2.30. The van der Waals surface area contributed by atoms with Gasteiger partial charge in [-0.1, -0.05) is 18.2 Å². The summed E-state index contributed by atoms with van der Waals surface area (Å²) in [5, 5.41) is 5.05. The lowest BCUT2D eigenvalue weighted by Gasteiger charge is -2.05. The molecule has 3 rings (SSSR count). The van der Waals surface area contributed by atoms with Gasteiger partial charge in [0.15, 0.2) is 0 Å². The lowest BCUT2D eigenvalue weighted by Crippen LogP contribution is -2.19. The lowest BCUT2D eigenvalue weighted by molar-refractivity contribution is -0.120. The molecule has 4 nitrogen and oxygen atoms in total. The number of carbonyl (C=O) groups is 1. The summed E-state index contributed by atoms with van der Waals surface area (Å²) in [4.78, 5) is 14.9. The van der Waals surface area contributed by atoms with Crippen LogP contribution in [0.1, 0.15) is 18.4 Å². The van der Waals surface area contributed by atoms with Crippen molar-refractivity contribution in [3.05, 3.63) is 36.0 Å². The van der Waals surface area contributed by atoms with Gasteiger partial charge < -0.3 is 4.98 Å². The summed E-state index contributed by atoms with van der Waals surface area (Å²) in [6.07, 6.45) is 1.89. The molecular formula is C12H11N3O. The van der Waals surface area contributed by atoms with Crippen LogP contribution in [0.4, 0.5) is 0 Å². The van der Waals surface area contributed by atoms with E-state index in [2.05, 4.69) is 15.5 Å². The Labute approximate surface area is 92.4 Å². The molecule has 1 aromatic heterocycles. The third kappa shape index (κ3) is 1.16. The number of nitrogens with one attached hydrogen (secondary N) is 2. The quantitative estimate of drug-likeness (QED) is 0.745. The second kappa shape index (κ2) is 3.20. The Morgan fingerprint density at radius 3 is 2.88 bits per heavy atom. The fourth-order valence-electron chi connectivity index (χ4n) is 2.16. The number of aromatic nitrogens is 1. The molecule has 0 saturated heterocycles. The maximum atomic E-state index is 11.7. The van der Waals surface area contributed by atoms with E-state index in [9.17, 15) is 4.79 Å². The molecule has 80 valence electrons. The third-order valence-corrected chi connectivity index (χ3v) is 2.95. The van der Waals surface area contributed by atoms with Crippen molar-refractivity contribution in [3.63, 3.8) is 0 Å². The normalized spacial score (nSPS) is 19.9. The lowest BCUT2D eigenvalue weighted by atomic mass is 9.95. The first kappa shape index (κ1) is 9.15. The van der Waals surface area contributed by atoms with Crippen LogP contribution >= 0.6 is 0 Å². The van der Waals surface area contributed by atoms with Gasteiger partial charge in [0.25, 0.3) is 5.91 Å². The number of amides is 1. The van der Waals surface area contributed by atoms with Crippen molar-refractivity contribution < 1.29 is 4.79 Å². The van der Waals surface area contributed by atoms with Crippen LogP contribution in [-0.4, -0.2) is 16.6 Å². The Morgan fingerprint density at radius 1 is 1.31 bits per heavy atom. The fourth-order valence-corrected chi connectivity index (χ4v) is 2.16. The van der Waals surface area contributed by atoms with Gasteiger partial charge in [0.2, 0.25) is 0 Å². The summed E-state index contributed by atoms with van der Waals surface area (Å²) in [6, 6.07) is 7.95. The molecule has 1 atom stereocenters. The molecule has 0 spiro atoms. The summed E-state index contributed by atoms with van der Waals surface area (Å²) >= 11 is 0. The van der Waals surface area contributed by atoms with Crippen molar-refractivity contribution >= 4 is 22.5 Å². The zero-order chi connectivity index (χ0) is 11.1. The van der Waals surface area contributed by atoms with E-state index < -0.39 is 0 Å². The smallest absolute Gasteiger partial charge is 0.253 e. The standard InChI is InChI=1S/C12H11N3O/c1-7-11(12(16)15-14-7)9-6-13-10-5-3-2-4-8(9)10/h2-6,11,13H,1H3,(H,15,16). The number of hydrazone groups is 1. The Hall–Kier alpha value is -2.10. The number of fused-ring (bicyclic) bond motifs is 1. The molecule has 1 amide bonds. The number of nitrogens with zero attached hydrogens (tertiary/aromatic N) is 1. The van der Waals surface area contributed by atoms with Crippen LogP contribution in [0.5, 0.6) is 0 Å². The van der Waals surface area contributed by atoms with E-state index in [-0.39, 0.29) is 11.8 Å². The molecule has 0 aliphatic carbocycles. The first-order chi connectivity index (χ1) is 7.77. The highest BCUT2D eigenvalue weighted by atomic mass is 16.2. The van der Waals surface area contributed by atoms with Crippen molar-refractivity contribution in [2.45, 2.75) is 12.8 Å². The van der Waals surface area contributed by atoms with Gasteiger partial charge in [-0.2, -0.15) is 5.10 Å². The second-order valence-corrected chi connectivity index (χ2v) is 3.95. The van der Waals surface area contributed by atoms with E-state index in [4.69, 9.17) is 0 Å². The summed E-state index contributed by atoms with van der Waals surface area (Å²) in [5.41, 5.74) is 5.36. The molecule has 0 fully saturated rings. The van der Waals surface area contributed by atoms with Gasteiger partial charge in [0, 0.05) is 17.1 Å². The van der Waals surface area contributed by atoms with E-state index in [1.807, 2.05) is 37.4 Å². The van der Waals surface area contributed by atoms with E-state index >= 15 is 0 Å². The summed E-state index contributed by atoms with van der Waals surface area (Å²) < 4.78 is 0. The number of H-pyrrole nitrogens is 1. The van der Waals surface area contributed by atoms with Crippen molar-refractivity contribution in [2.24, 2.45) is 5.10 Å². The maximum Gasteiger partial charge on any atom is 0.253 e. The Morgan fingerprint density at radius 2 is 2.12 bits per heavy atom. The number of hydrogen-bond donors (Lipinski definition) is 2. The molecule has 2 heterocycles. The van der Waals surface area contributed by atoms with Gasteiger partial charge >= 0.3 is 0 Å². The van der Waals surface area contributed by atoms with Crippen LogP contribution < -0.4 is 5.43 Å². The van der Waals surface area contributed by atoms with Crippen LogP contribution in [0, 0.1) is 0 Å². The molecular weight excluding hydrogens is 202 g/mol. The van der Waals surface area contributed by atoms with Crippen molar-refractivity contribution in [2.75, 3.05) is 0 Å². The predicted octanol–water partition coefficient (Wildman–Crippen LogP) is 1.76. The molecule has 1 aliphatic heterocycles. The van der Waals surface area contributed by atoms with Gasteiger partial charge in [0.05, 0.1) is 5.71 Å². The Bertz CT molecular complexity index is 597. The number of hydrogen-bond acceptors (Lipinski definition) is 2. The molecule has 2 aromatic rings. The van der Waals surface area contributed by atoms with Gasteiger partial charge in [0.1, 0.15) is 5.92 Å². The highest BCUT2D eigenvalue weighted by Crippen LogP contribution is 2.28. The van der Waals surface area contributed by atoms with Gasteiger partial charge in [-0.15, -0.1) is 0 Å². The van der Waals surface area contributed by atoms with Crippen LogP contribution in [0.2, 0.25) is 0 Å². The predicted molar refractivity (Wildman–Crippen MR) is 62.3 cm³/mol. The number of carbonyl (C=O) groups excluding carboxylic acids is 1. The number of benzene rings is 1. The molecule has 4 heteroatoms. The molecule has 2 N–H and O–H groups in total. The Balaban J connectivity index is 2.19. The SMILES string of the molecule is CC1=NNC(=O)C1c1c[nH]c2ccccc12. The molecule has 0 bridgehead atoms. The monoisotopic (exact) mass is 213 g/mol. The molecule has 0 radical (unpaired) electrons. The summed E-state index contributed by atoms with van der Waals surface area (Å²) in [6.45, 7) is 1.87. The van der Waals surface area contributed by atoms with Crippen LogP contribution in [0.25, 0.3) is 10.9 Å². The zero-order valence-corrected chi connectivity index (χ0v) is 8.82. The minimum Gasteiger partial charge on any atom is -0.361 e. The molecule has 0 saturated carbocycles. The number of rotatable bonds is 1. The van der Waals surface area contributed by atoms with Crippen LogP contribution in [0.15, 0.2) is 35.6 Å². The first-order valence-electron chi connectivity index (χ1n) is 5.17. The van der Waals surface area contributed by atoms with Crippen LogP contribution in [0.3, 0.4) is 0 Å². The zero-order valence-electron chi connectivity index (χ0n) is 8.82. The van der Waals surface area contributed by atoms with Gasteiger partial charge in [-0.3, -0.25) is 4.79 Å². The second-order valence-electron chi connectivity index (χ2n) is 3.95. The van der Waals surface area contributed by atoms with E-state index in [0.717, 1.165) is 22.2 Å². The van der Waals surface area contributed by atoms with Gasteiger partial charge in [-0.25, -0.2) is 5.43 Å². The van der Waals surface area contributed by atoms with Crippen molar-refractivity contribution in [1.82, 2.24) is 10.4 Å². The minimum absolute atomic E-state index is 0.0535. The first-order valence-corrected chi connectivity index (χ1v) is 5.17. The van der Waals surface area contributed by atoms with Gasteiger partial charge in [-0.05, 0) is 18.6 Å². The van der Waals surface area contributed by atoms with E-state index in [1.54, 1.807) is 0 Å². The topological polar surface area (TPSA) is 57.2 Å². The van der Waals surface area contributed by atoms with E-state index in [0.29, 0.717) is 0 Å². The molecule has 16 heavy (non-hydrogen) atoms. The highest BCUT2D eigenvalue weighted by molar-refractivity contribution is 6.13. The molecule has 1 aromatic carbocycles. The van der Waals surface area contributed by atoms with Crippen molar-refractivity contribution in [1.29, 1.82) is 0 Å². The van der Waals surface area contributed by atoms with E-state index in [1.165, 1.54) is 0 Å². The number of para-hydroxylation sites is 1. The summed E-state index contributed by atoms with van der Waals surface area (Å²) in [5.74, 6) is -0.307. The molecule has 1 unspecified atom stereocenters. The van der Waals surface area contributed by atoms with Crippen LogP contribution in [-0.2, 0) is 4.79 Å². The maximum absolute atomic E-state index is 11.7. The van der Waals surface area contributed by atoms with Crippen molar-refractivity contribution in [3.8, 4) is 0 Å². The minimum atomic E-state index is -0.254.